The van der Waals surface area contributed by atoms with Crippen molar-refractivity contribution in [3.8, 4) is 0 Å². The SMILES string of the molecule is CC(C)C(=O)C(=O)Nc1ccon1. The summed E-state index contributed by atoms with van der Waals surface area (Å²) in [5, 5.41) is 5.75. The van der Waals surface area contributed by atoms with Crippen LogP contribution in [0.4, 0.5) is 5.82 Å². The monoisotopic (exact) mass is 182 g/mol. The zero-order valence-corrected chi connectivity index (χ0v) is 7.40. The summed E-state index contributed by atoms with van der Waals surface area (Å²) < 4.78 is 4.48. The molecule has 0 aliphatic rings. The molecule has 0 saturated carbocycles. The van der Waals surface area contributed by atoms with Crippen LogP contribution in [0.3, 0.4) is 0 Å². The van der Waals surface area contributed by atoms with Crippen molar-refractivity contribution in [2.75, 3.05) is 5.32 Å². The molecule has 0 aromatic carbocycles. The fraction of sp³-hybridized carbons (Fsp3) is 0.375. The van der Waals surface area contributed by atoms with Crippen LogP contribution < -0.4 is 5.32 Å². The number of aromatic nitrogens is 1. The van der Waals surface area contributed by atoms with Gasteiger partial charge in [0.2, 0.25) is 5.78 Å². The minimum atomic E-state index is -0.663. The van der Waals surface area contributed by atoms with Crippen LogP contribution >= 0.6 is 0 Å². The Labute approximate surface area is 75.1 Å². The molecule has 0 unspecified atom stereocenters. The first-order valence-electron chi connectivity index (χ1n) is 3.87. The quantitative estimate of drug-likeness (QED) is 0.703. The Morgan fingerprint density at radius 3 is 2.69 bits per heavy atom. The maximum Gasteiger partial charge on any atom is 0.293 e. The third-order valence-corrected chi connectivity index (χ3v) is 1.43. The first-order valence-corrected chi connectivity index (χ1v) is 3.87. The second-order valence-corrected chi connectivity index (χ2v) is 2.86. The van der Waals surface area contributed by atoms with Crippen LogP contribution in [0.2, 0.25) is 0 Å². The van der Waals surface area contributed by atoms with Crippen molar-refractivity contribution in [2.45, 2.75) is 13.8 Å². The maximum atomic E-state index is 11.1. The molecule has 1 heterocycles. The van der Waals surface area contributed by atoms with Crippen molar-refractivity contribution in [1.29, 1.82) is 0 Å². The van der Waals surface area contributed by atoms with Gasteiger partial charge in [-0.2, -0.15) is 0 Å². The Morgan fingerprint density at radius 2 is 2.23 bits per heavy atom. The highest BCUT2D eigenvalue weighted by atomic mass is 16.5. The molecular weight excluding hydrogens is 172 g/mol. The Hall–Kier alpha value is -1.65. The lowest BCUT2D eigenvalue weighted by Gasteiger charge is -2.01. The number of ketones is 1. The number of hydrogen-bond donors (Lipinski definition) is 1. The number of nitrogens with zero attached hydrogens (tertiary/aromatic N) is 1. The molecule has 1 aromatic heterocycles. The number of carbonyl (C=O) groups excluding carboxylic acids is 2. The molecule has 0 spiro atoms. The molecule has 0 aliphatic carbocycles. The highest BCUT2D eigenvalue weighted by molar-refractivity contribution is 6.41. The summed E-state index contributed by atoms with van der Waals surface area (Å²) in [6, 6.07) is 1.46. The summed E-state index contributed by atoms with van der Waals surface area (Å²) in [5.74, 6) is -1.20. The number of rotatable bonds is 3. The smallest absolute Gasteiger partial charge is 0.293 e. The molecule has 0 saturated heterocycles. The second-order valence-electron chi connectivity index (χ2n) is 2.86. The van der Waals surface area contributed by atoms with E-state index in [-0.39, 0.29) is 11.7 Å². The first kappa shape index (κ1) is 9.44. The van der Waals surface area contributed by atoms with E-state index in [0.717, 1.165) is 0 Å². The topological polar surface area (TPSA) is 72.2 Å². The standard InChI is InChI=1S/C8H10N2O3/c1-5(2)7(11)8(12)9-6-3-4-13-10-6/h3-5H,1-2H3,(H,9,10,12). The van der Waals surface area contributed by atoms with Gasteiger partial charge in [0, 0.05) is 12.0 Å². The molecule has 0 fully saturated rings. The fourth-order valence-electron chi connectivity index (χ4n) is 0.717. The van der Waals surface area contributed by atoms with Crippen LogP contribution in [0.15, 0.2) is 16.9 Å². The minimum Gasteiger partial charge on any atom is -0.363 e. The number of carbonyl (C=O) groups is 2. The van der Waals surface area contributed by atoms with Gasteiger partial charge in [0.05, 0.1) is 0 Å². The Kier molecular flexibility index (Phi) is 2.79. The van der Waals surface area contributed by atoms with E-state index in [2.05, 4.69) is 15.0 Å². The van der Waals surface area contributed by atoms with Gasteiger partial charge in [0.15, 0.2) is 5.82 Å². The Balaban J connectivity index is 2.56. The van der Waals surface area contributed by atoms with E-state index in [0.29, 0.717) is 0 Å². The van der Waals surface area contributed by atoms with Gasteiger partial charge < -0.3 is 9.84 Å². The number of anilines is 1. The van der Waals surface area contributed by atoms with Gasteiger partial charge in [-0.05, 0) is 0 Å². The summed E-state index contributed by atoms with van der Waals surface area (Å²) in [6.07, 6.45) is 1.31. The Morgan fingerprint density at radius 1 is 1.54 bits per heavy atom. The zero-order chi connectivity index (χ0) is 9.84. The van der Waals surface area contributed by atoms with Gasteiger partial charge >= 0.3 is 0 Å². The van der Waals surface area contributed by atoms with E-state index in [1.807, 2.05) is 0 Å². The van der Waals surface area contributed by atoms with Crippen LogP contribution in [-0.4, -0.2) is 16.8 Å². The van der Waals surface area contributed by atoms with Gasteiger partial charge in [-0.1, -0.05) is 19.0 Å². The molecule has 70 valence electrons. The summed E-state index contributed by atoms with van der Waals surface area (Å²) in [4.78, 5) is 22.2. The molecule has 1 rings (SSSR count). The van der Waals surface area contributed by atoms with Gasteiger partial charge in [-0.25, -0.2) is 0 Å². The molecule has 0 bridgehead atoms. The summed E-state index contributed by atoms with van der Waals surface area (Å²) in [6.45, 7) is 3.31. The van der Waals surface area contributed by atoms with Crippen molar-refractivity contribution < 1.29 is 14.1 Å². The molecule has 0 atom stereocenters. The lowest BCUT2D eigenvalue weighted by atomic mass is 10.1. The van der Waals surface area contributed by atoms with Crippen molar-refractivity contribution in [3.05, 3.63) is 12.3 Å². The lowest BCUT2D eigenvalue weighted by Crippen LogP contribution is -2.26. The van der Waals surface area contributed by atoms with E-state index in [9.17, 15) is 9.59 Å². The molecule has 5 heteroatoms. The lowest BCUT2D eigenvalue weighted by molar-refractivity contribution is -0.136. The number of hydrogen-bond acceptors (Lipinski definition) is 4. The van der Waals surface area contributed by atoms with Crippen molar-refractivity contribution in [2.24, 2.45) is 5.92 Å². The average Bonchev–Trinajstić information content (AvgIpc) is 2.55. The predicted octanol–water partition coefficient (Wildman–Crippen LogP) is 0.838. The van der Waals surface area contributed by atoms with Crippen LogP contribution in [-0.2, 0) is 9.59 Å². The predicted molar refractivity (Wildman–Crippen MR) is 45.0 cm³/mol. The minimum absolute atomic E-state index is 0.249. The molecule has 0 aliphatic heterocycles. The van der Waals surface area contributed by atoms with Crippen LogP contribution in [0, 0.1) is 5.92 Å². The third kappa shape index (κ3) is 2.40. The number of nitrogens with one attached hydrogen (secondary N) is 1. The largest absolute Gasteiger partial charge is 0.363 e. The second kappa shape index (κ2) is 3.84. The number of amides is 1. The molecular formula is C8H10N2O3. The van der Waals surface area contributed by atoms with Gasteiger partial charge in [-0.3, -0.25) is 9.59 Å². The molecule has 1 amide bonds. The highest BCUT2D eigenvalue weighted by Crippen LogP contribution is 2.02. The summed E-state index contributed by atoms with van der Waals surface area (Å²) in [7, 11) is 0. The highest BCUT2D eigenvalue weighted by Gasteiger charge is 2.17. The normalized spacial score (nSPS) is 10.1. The molecule has 1 N–H and O–H groups in total. The van der Waals surface area contributed by atoms with E-state index < -0.39 is 11.7 Å². The molecule has 0 radical (unpaired) electrons. The van der Waals surface area contributed by atoms with Gasteiger partial charge in [-0.15, -0.1) is 0 Å². The number of Topliss-reactive ketones (excluding diaryl/α,β-unsaturated/α-hetero) is 1. The van der Waals surface area contributed by atoms with Crippen molar-refractivity contribution in [3.63, 3.8) is 0 Å². The van der Waals surface area contributed by atoms with Crippen molar-refractivity contribution >= 4 is 17.5 Å². The van der Waals surface area contributed by atoms with E-state index in [1.165, 1.54) is 12.3 Å². The first-order chi connectivity index (χ1) is 6.11. The fourth-order valence-corrected chi connectivity index (χ4v) is 0.717. The van der Waals surface area contributed by atoms with Gasteiger partial charge in [0.1, 0.15) is 6.26 Å². The van der Waals surface area contributed by atoms with Gasteiger partial charge in [0.25, 0.3) is 5.91 Å². The summed E-state index contributed by atoms with van der Waals surface area (Å²) in [5.41, 5.74) is 0. The van der Waals surface area contributed by atoms with E-state index in [4.69, 9.17) is 0 Å². The van der Waals surface area contributed by atoms with Crippen LogP contribution in [0.25, 0.3) is 0 Å². The zero-order valence-electron chi connectivity index (χ0n) is 7.40. The Bertz CT molecular complexity index is 303. The third-order valence-electron chi connectivity index (χ3n) is 1.43. The van der Waals surface area contributed by atoms with E-state index >= 15 is 0 Å². The maximum absolute atomic E-state index is 11.1. The molecule has 1 aromatic rings. The van der Waals surface area contributed by atoms with E-state index in [1.54, 1.807) is 13.8 Å². The van der Waals surface area contributed by atoms with Crippen LogP contribution in [0.1, 0.15) is 13.8 Å². The summed E-state index contributed by atoms with van der Waals surface area (Å²) >= 11 is 0. The average molecular weight is 182 g/mol. The molecule has 13 heavy (non-hydrogen) atoms. The van der Waals surface area contributed by atoms with Crippen LogP contribution in [0.5, 0.6) is 0 Å². The molecule has 5 nitrogen and oxygen atoms in total. The van der Waals surface area contributed by atoms with Crippen molar-refractivity contribution in [1.82, 2.24) is 5.16 Å².